The van der Waals surface area contributed by atoms with E-state index in [0.29, 0.717) is 5.69 Å². The van der Waals surface area contributed by atoms with Crippen LogP contribution in [0.3, 0.4) is 0 Å². The van der Waals surface area contributed by atoms with Crippen LogP contribution in [0.1, 0.15) is 62.4 Å². The molecule has 4 heterocycles. The fourth-order valence-electron chi connectivity index (χ4n) is 5.10. The van der Waals surface area contributed by atoms with Crippen molar-refractivity contribution in [3.05, 3.63) is 11.9 Å². The van der Waals surface area contributed by atoms with Gasteiger partial charge in [-0.2, -0.15) is 15.4 Å². The van der Waals surface area contributed by atoms with Crippen molar-refractivity contribution in [2.24, 2.45) is 5.41 Å². The average Bonchev–Trinajstić information content (AvgIpc) is 3.36. The SMILES string of the molecule is CC[C@]1(C(=O)N2CCCCC2)C[C@H]2CC[C@@H]1N2C(=O)c1cn[nH]n1. The van der Waals surface area contributed by atoms with E-state index >= 15 is 0 Å². The van der Waals surface area contributed by atoms with E-state index in [0.717, 1.165) is 51.6 Å². The number of piperidine rings is 1. The number of aromatic nitrogens is 3. The Bertz CT molecular complexity index is 625. The number of H-pyrrole nitrogens is 1. The Morgan fingerprint density at radius 3 is 2.75 bits per heavy atom. The highest BCUT2D eigenvalue weighted by molar-refractivity contribution is 5.94. The van der Waals surface area contributed by atoms with Crippen LogP contribution in [-0.2, 0) is 4.79 Å². The molecule has 1 aromatic heterocycles. The van der Waals surface area contributed by atoms with Gasteiger partial charge in [0.05, 0.1) is 11.6 Å². The Labute approximate surface area is 141 Å². The van der Waals surface area contributed by atoms with Crippen LogP contribution in [0.4, 0.5) is 0 Å². The molecule has 2 amide bonds. The van der Waals surface area contributed by atoms with E-state index in [-0.39, 0.29) is 23.9 Å². The first-order chi connectivity index (χ1) is 11.7. The van der Waals surface area contributed by atoms with Gasteiger partial charge in [-0.25, -0.2) is 0 Å². The van der Waals surface area contributed by atoms with Crippen molar-refractivity contribution in [3.8, 4) is 0 Å². The van der Waals surface area contributed by atoms with Gasteiger partial charge in [0.2, 0.25) is 5.91 Å². The molecule has 7 nitrogen and oxygen atoms in total. The molecule has 0 saturated carbocycles. The predicted molar refractivity (Wildman–Crippen MR) is 87.1 cm³/mol. The van der Waals surface area contributed by atoms with E-state index in [4.69, 9.17) is 0 Å². The molecule has 3 fully saturated rings. The Balaban J connectivity index is 1.61. The lowest BCUT2D eigenvalue weighted by atomic mass is 9.70. The first kappa shape index (κ1) is 15.6. The number of carbonyl (C=O) groups is 2. The second kappa shape index (κ2) is 5.86. The summed E-state index contributed by atoms with van der Waals surface area (Å²) in [5.41, 5.74) is -0.0520. The molecule has 3 aliphatic rings. The zero-order chi connectivity index (χ0) is 16.7. The third-order valence-electron chi connectivity index (χ3n) is 6.31. The van der Waals surface area contributed by atoms with Crippen molar-refractivity contribution in [2.45, 2.75) is 64.0 Å². The summed E-state index contributed by atoms with van der Waals surface area (Å²) in [5, 5.41) is 10.2. The first-order valence-electron chi connectivity index (χ1n) is 9.15. The topological polar surface area (TPSA) is 82.2 Å². The second-order valence-corrected chi connectivity index (χ2v) is 7.38. The maximum absolute atomic E-state index is 13.4. The minimum absolute atomic E-state index is 0.00567. The number of carbonyl (C=O) groups excluding carboxylic acids is 2. The molecule has 3 saturated heterocycles. The van der Waals surface area contributed by atoms with E-state index in [2.05, 4.69) is 22.3 Å². The zero-order valence-corrected chi connectivity index (χ0v) is 14.2. The molecule has 0 spiro atoms. The molecule has 4 rings (SSSR count). The molecule has 2 bridgehead atoms. The third-order valence-corrected chi connectivity index (χ3v) is 6.31. The summed E-state index contributed by atoms with van der Waals surface area (Å²) >= 11 is 0. The Morgan fingerprint density at radius 1 is 1.29 bits per heavy atom. The van der Waals surface area contributed by atoms with Gasteiger partial charge in [-0.1, -0.05) is 6.92 Å². The minimum Gasteiger partial charge on any atom is -0.342 e. The second-order valence-electron chi connectivity index (χ2n) is 7.38. The van der Waals surface area contributed by atoms with Crippen LogP contribution in [0, 0.1) is 5.41 Å². The molecule has 3 aliphatic heterocycles. The van der Waals surface area contributed by atoms with Gasteiger partial charge in [-0.3, -0.25) is 9.59 Å². The number of likely N-dealkylation sites (tertiary alicyclic amines) is 1. The maximum Gasteiger partial charge on any atom is 0.276 e. The monoisotopic (exact) mass is 331 g/mol. The lowest BCUT2D eigenvalue weighted by Crippen LogP contribution is -2.52. The van der Waals surface area contributed by atoms with E-state index in [1.807, 2.05) is 9.80 Å². The van der Waals surface area contributed by atoms with Crippen LogP contribution < -0.4 is 0 Å². The summed E-state index contributed by atoms with van der Waals surface area (Å²) in [4.78, 5) is 30.2. The molecule has 1 N–H and O–H groups in total. The molecule has 24 heavy (non-hydrogen) atoms. The van der Waals surface area contributed by atoms with Gasteiger partial charge >= 0.3 is 0 Å². The van der Waals surface area contributed by atoms with Gasteiger partial charge < -0.3 is 9.80 Å². The van der Waals surface area contributed by atoms with E-state index < -0.39 is 5.41 Å². The Morgan fingerprint density at radius 2 is 2.08 bits per heavy atom. The summed E-state index contributed by atoms with van der Waals surface area (Å²) in [7, 11) is 0. The normalized spacial score (nSPS) is 32.4. The zero-order valence-electron chi connectivity index (χ0n) is 14.2. The Kier molecular flexibility index (Phi) is 3.81. The largest absolute Gasteiger partial charge is 0.342 e. The summed E-state index contributed by atoms with van der Waals surface area (Å²) in [6.07, 6.45) is 8.39. The highest BCUT2D eigenvalue weighted by atomic mass is 16.2. The van der Waals surface area contributed by atoms with Gasteiger partial charge in [0.15, 0.2) is 5.69 Å². The number of hydrogen-bond acceptors (Lipinski definition) is 4. The first-order valence-corrected chi connectivity index (χ1v) is 9.15. The Hall–Kier alpha value is -1.92. The van der Waals surface area contributed by atoms with Crippen molar-refractivity contribution in [3.63, 3.8) is 0 Å². The lowest BCUT2D eigenvalue weighted by molar-refractivity contribution is -0.145. The summed E-state index contributed by atoms with van der Waals surface area (Å²) in [6, 6.07) is 0.166. The van der Waals surface area contributed by atoms with Crippen molar-refractivity contribution in [1.82, 2.24) is 25.2 Å². The fourth-order valence-corrected chi connectivity index (χ4v) is 5.10. The molecular formula is C17H25N5O2. The van der Waals surface area contributed by atoms with E-state index in [1.165, 1.54) is 12.6 Å². The van der Waals surface area contributed by atoms with E-state index in [9.17, 15) is 9.59 Å². The van der Waals surface area contributed by atoms with Gasteiger partial charge in [0.1, 0.15) is 0 Å². The number of aromatic amines is 1. The van der Waals surface area contributed by atoms with Crippen molar-refractivity contribution in [2.75, 3.05) is 13.1 Å². The van der Waals surface area contributed by atoms with Crippen molar-refractivity contribution < 1.29 is 9.59 Å². The van der Waals surface area contributed by atoms with Gasteiger partial charge in [-0.05, 0) is 44.9 Å². The number of nitrogens with zero attached hydrogens (tertiary/aromatic N) is 4. The average molecular weight is 331 g/mol. The third kappa shape index (κ3) is 2.17. The van der Waals surface area contributed by atoms with Crippen LogP contribution in [-0.4, -0.2) is 62.2 Å². The molecule has 7 heteroatoms. The number of rotatable bonds is 3. The fraction of sp³-hybridized carbons (Fsp3) is 0.765. The van der Waals surface area contributed by atoms with Gasteiger partial charge in [-0.15, -0.1) is 0 Å². The molecule has 0 unspecified atom stereocenters. The summed E-state index contributed by atoms with van der Waals surface area (Å²) < 4.78 is 0. The number of nitrogens with one attached hydrogen (secondary N) is 1. The highest BCUT2D eigenvalue weighted by Crippen LogP contribution is 2.53. The number of amides is 2. The van der Waals surface area contributed by atoms with Crippen LogP contribution in [0.25, 0.3) is 0 Å². The van der Waals surface area contributed by atoms with E-state index in [1.54, 1.807) is 0 Å². The standard InChI is InChI=1S/C17H25N5O2/c1-2-17(16(24)21-8-4-3-5-9-21)10-12-6-7-14(17)22(12)15(23)13-11-18-20-19-13/h11-12,14H,2-10H2,1H3,(H,18,19,20)/t12-,14+,17+/m1/s1. The maximum atomic E-state index is 13.4. The molecule has 1 aromatic rings. The summed E-state index contributed by atoms with van der Waals surface area (Å²) in [6.45, 7) is 3.84. The summed E-state index contributed by atoms with van der Waals surface area (Å²) in [5.74, 6) is 0.188. The molecule has 0 aromatic carbocycles. The number of fused-ring (bicyclic) bond motifs is 2. The minimum atomic E-state index is -0.403. The van der Waals surface area contributed by atoms with Crippen molar-refractivity contribution in [1.29, 1.82) is 0 Å². The number of hydrogen-bond donors (Lipinski definition) is 1. The van der Waals surface area contributed by atoms with Crippen LogP contribution in [0.5, 0.6) is 0 Å². The highest BCUT2D eigenvalue weighted by Gasteiger charge is 2.61. The lowest BCUT2D eigenvalue weighted by Gasteiger charge is -2.40. The van der Waals surface area contributed by atoms with Crippen LogP contribution in [0.15, 0.2) is 6.20 Å². The van der Waals surface area contributed by atoms with Gasteiger partial charge in [0.25, 0.3) is 5.91 Å². The molecular weight excluding hydrogens is 306 g/mol. The molecule has 3 atom stereocenters. The van der Waals surface area contributed by atoms with Crippen LogP contribution >= 0.6 is 0 Å². The smallest absolute Gasteiger partial charge is 0.276 e. The van der Waals surface area contributed by atoms with Gasteiger partial charge in [0, 0.05) is 25.2 Å². The molecule has 0 aliphatic carbocycles. The van der Waals surface area contributed by atoms with Crippen molar-refractivity contribution >= 4 is 11.8 Å². The molecule has 0 radical (unpaired) electrons. The molecule has 130 valence electrons. The van der Waals surface area contributed by atoms with Crippen LogP contribution in [0.2, 0.25) is 0 Å². The predicted octanol–water partition coefficient (Wildman–Crippen LogP) is 1.59. The quantitative estimate of drug-likeness (QED) is 0.912.